The van der Waals surface area contributed by atoms with Crippen LogP contribution in [0.25, 0.3) is 10.9 Å². The lowest BCUT2D eigenvalue weighted by atomic mass is 10.0. The number of carbonyl (C=O) groups excluding carboxylic acids is 1. The standard InChI is InChI=1S/C16H17ClN2O2/c17-12-9-14(19-13-4-2-1-3-11(12)13)15(21)18-10-16(5-6-16)7-8-20/h1-4,9,20H,5-8,10H2,(H,18,21). The van der Waals surface area contributed by atoms with Gasteiger partial charge in [0.05, 0.1) is 10.5 Å². The van der Waals surface area contributed by atoms with E-state index in [4.69, 9.17) is 16.7 Å². The van der Waals surface area contributed by atoms with E-state index in [1.165, 1.54) is 0 Å². The average molecular weight is 305 g/mol. The van der Waals surface area contributed by atoms with Gasteiger partial charge in [0.2, 0.25) is 0 Å². The first-order valence-corrected chi connectivity index (χ1v) is 7.46. The number of aliphatic hydroxyl groups excluding tert-OH is 1. The molecule has 2 aromatic rings. The fraction of sp³-hybridized carbons (Fsp3) is 0.375. The van der Waals surface area contributed by atoms with Crippen molar-refractivity contribution in [2.75, 3.05) is 13.2 Å². The third-order valence-electron chi connectivity index (χ3n) is 4.12. The lowest BCUT2D eigenvalue weighted by molar-refractivity contribution is 0.0936. The second-order valence-electron chi connectivity index (χ2n) is 5.66. The van der Waals surface area contributed by atoms with Crippen LogP contribution in [-0.4, -0.2) is 29.1 Å². The minimum atomic E-state index is -0.216. The van der Waals surface area contributed by atoms with Crippen LogP contribution in [-0.2, 0) is 0 Å². The molecule has 0 spiro atoms. The summed E-state index contributed by atoms with van der Waals surface area (Å²) in [5, 5.41) is 13.3. The highest BCUT2D eigenvalue weighted by atomic mass is 35.5. The second kappa shape index (κ2) is 5.62. The Kier molecular flexibility index (Phi) is 3.83. The molecule has 2 N–H and O–H groups in total. The van der Waals surface area contributed by atoms with Crippen LogP contribution in [0.2, 0.25) is 5.02 Å². The van der Waals surface area contributed by atoms with Crippen LogP contribution in [0, 0.1) is 5.41 Å². The molecule has 0 atom stereocenters. The number of benzene rings is 1. The molecule has 0 radical (unpaired) electrons. The number of para-hydroxylation sites is 1. The molecule has 3 rings (SSSR count). The van der Waals surface area contributed by atoms with Crippen molar-refractivity contribution in [3.8, 4) is 0 Å². The summed E-state index contributed by atoms with van der Waals surface area (Å²) in [7, 11) is 0. The van der Waals surface area contributed by atoms with E-state index in [0.717, 1.165) is 24.6 Å². The van der Waals surface area contributed by atoms with Gasteiger partial charge in [-0.05, 0) is 36.8 Å². The lowest BCUT2D eigenvalue weighted by Crippen LogP contribution is -2.31. The van der Waals surface area contributed by atoms with Gasteiger partial charge < -0.3 is 10.4 Å². The maximum absolute atomic E-state index is 12.2. The summed E-state index contributed by atoms with van der Waals surface area (Å²) in [6.07, 6.45) is 2.85. The summed E-state index contributed by atoms with van der Waals surface area (Å²) in [6, 6.07) is 9.08. The second-order valence-corrected chi connectivity index (χ2v) is 6.07. The van der Waals surface area contributed by atoms with Crippen molar-refractivity contribution in [3.63, 3.8) is 0 Å². The van der Waals surface area contributed by atoms with Gasteiger partial charge in [-0.3, -0.25) is 4.79 Å². The highest BCUT2D eigenvalue weighted by molar-refractivity contribution is 6.35. The lowest BCUT2D eigenvalue weighted by Gasteiger charge is -2.14. The number of rotatable bonds is 5. The maximum Gasteiger partial charge on any atom is 0.269 e. The monoisotopic (exact) mass is 304 g/mol. The van der Waals surface area contributed by atoms with Gasteiger partial charge in [0.15, 0.2) is 0 Å². The number of nitrogens with zero attached hydrogens (tertiary/aromatic N) is 1. The first-order valence-electron chi connectivity index (χ1n) is 7.08. The number of aromatic nitrogens is 1. The summed E-state index contributed by atoms with van der Waals surface area (Å²) in [5.74, 6) is -0.216. The van der Waals surface area contributed by atoms with E-state index in [1.807, 2.05) is 24.3 Å². The Hall–Kier alpha value is -1.65. The summed E-state index contributed by atoms with van der Waals surface area (Å²) in [5.41, 5.74) is 1.13. The topological polar surface area (TPSA) is 62.2 Å². The number of fused-ring (bicyclic) bond motifs is 1. The third-order valence-corrected chi connectivity index (χ3v) is 4.43. The van der Waals surface area contributed by atoms with Crippen molar-refractivity contribution in [2.24, 2.45) is 5.41 Å². The molecule has 1 amide bonds. The smallest absolute Gasteiger partial charge is 0.269 e. The van der Waals surface area contributed by atoms with Crippen molar-refractivity contribution in [3.05, 3.63) is 41.0 Å². The van der Waals surface area contributed by atoms with Crippen LogP contribution >= 0.6 is 11.6 Å². The Balaban J connectivity index is 1.76. The highest BCUT2D eigenvalue weighted by Crippen LogP contribution is 2.47. The normalized spacial score (nSPS) is 15.9. The van der Waals surface area contributed by atoms with Crippen LogP contribution in [0.4, 0.5) is 0 Å². The minimum absolute atomic E-state index is 0.0883. The summed E-state index contributed by atoms with van der Waals surface area (Å²) in [4.78, 5) is 16.6. The molecular formula is C16H17ClN2O2. The van der Waals surface area contributed by atoms with E-state index < -0.39 is 0 Å². The largest absolute Gasteiger partial charge is 0.396 e. The molecule has 1 aliphatic rings. The van der Waals surface area contributed by atoms with Gasteiger partial charge in [-0.2, -0.15) is 0 Å². The van der Waals surface area contributed by atoms with Gasteiger partial charge in [-0.25, -0.2) is 4.98 Å². The number of nitrogens with one attached hydrogen (secondary N) is 1. The SMILES string of the molecule is O=C(NCC1(CCO)CC1)c1cc(Cl)c2ccccc2n1. The van der Waals surface area contributed by atoms with E-state index in [0.29, 0.717) is 22.8 Å². The predicted octanol–water partition coefficient (Wildman–Crippen LogP) is 2.78. The van der Waals surface area contributed by atoms with Crippen LogP contribution < -0.4 is 5.32 Å². The van der Waals surface area contributed by atoms with E-state index in [9.17, 15) is 4.79 Å². The first kappa shape index (κ1) is 14.3. The number of hydrogen-bond donors (Lipinski definition) is 2. The molecule has 21 heavy (non-hydrogen) atoms. The molecule has 4 nitrogen and oxygen atoms in total. The quantitative estimate of drug-likeness (QED) is 0.893. The number of aliphatic hydroxyl groups is 1. The third kappa shape index (κ3) is 3.01. The molecule has 0 bridgehead atoms. The van der Waals surface area contributed by atoms with Crippen molar-refractivity contribution in [1.29, 1.82) is 0 Å². The summed E-state index contributed by atoms with van der Waals surface area (Å²) < 4.78 is 0. The molecule has 0 aliphatic heterocycles. The molecular weight excluding hydrogens is 288 g/mol. The van der Waals surface area contributed by atoms with Gasteiger partial charge in [-0.15, -0.1) is 0 Å². The number of carbonyl (C=O) groups is 1. The molecule has 0 unspecified atom stereocenters. The number of amides is 1. The van der Waals surface area contributed by atoms with Crippen molar-refractivity contribution in [2.45, 2.75) is 19.3 Å². The Morgan fingerprint density at radius 2 is 2.14 bits per heavy atom. The van der Waals surface area contributed by atoms with Gasteiger partial charge >= 0.3 is 0 Å². The zero-order valence-electron chi connectivity index (χ0n) is 11.6. The van der Waals surface area contributed by atoms with Gasteiger partial charge in [0, 0.05) is 18.5 Å². The summed E-state index contributed by atoms with van der Waals surface area (Å²) in [6.45, 7) is 0.744. The Bertz CT molecular complexity index is 683. The molecule has 1 heterocycles. The highest BCUT2D eigenvalue weighted by Gasteiger charge is 2.41. The van der Waals surface area contributed by atoms with Crippen molar-refractivity contribution >= 4 is 28.4 Å². The molecule has 0 saturated heterocycles. The van der Waals surface area contributed by atoms with Gasteiger partial charge in [0.25, 0.3) is 5.91 Å². The molecule has 1 saturated carbocycles. The number of hydrogen-bond acceptors (Lipinski definition) is 3. The molecule has 1 aliphatic carbocycles. The fourth-order valence-electron chi connectivity index (χ4n) is 2.54. The first-order chi connectivity index (χ1) is 10.1. The molecule has 5 heteroatoms. The Morgan fingerprint density at radius 3 is 2.86 bits per heavy atom. The van der Waals surface area contributed by atoms with Crippen molar-refractivity contribution in [1.82, 2.24) is 10.3 Å². The molecule has 1 fully saturated rings. The van der Waals surface area contributed by atoms with Crippen LogP contribution in [0.1, 0.15) is 29.8 Å². The van der Waals surface area contributed by atoms with Gasteiger partial charge in [0.1, 0.15) is 5.69 Å². The molecule has 110 valence electrons. The van der Waals surface area contributed by atoms with E-state index >= 15 is 0 Å². The fourth-order valence-corrected chi connectivity index (χ4v) is 2.80. The van der Waals surface area contributed by atoms with Crippen LogP contribution in [0.15, 0.2) is 30.3 Å². The van der Waals surface area contributed by atoms with E-state index in [1.54, 1.807) is 6.07 Å². The maximum atomic E-state index is 12.2. The molecule has 1 aromatic heterocycles. The van der Waals surface area contributed by atoms with Gasteiger partial charge in [-0.1, -0.05) is 29.8 Å². The molecule has 1 aromatic carbocycles. The Morgan fingerprint density at radius 1 is 1.38 bits per heavy atom. The number of halogens is 1. The zero-order valence-corrected chi connectivity index (χ0v) is 12.4. The van der Waals surface area contributed by atoms with E-state index in [2.05, 4.69) is 10.3 Å². The van der Waals surface area contributed by atoms with Crippen LogP contribution in [0.5, 0.6) is 0 Å². The van der Waals surface area contributed by atoms with Crippen molar-refractivity contribution < 1.29 is 9.90 Å². The summed E-state index contributed by atoms with van der Waals surface area (Å²) >= 11 is 6.21. The average Bonchev–Trinajstić information content (AvgIpc) is 3.25. The van der Waals surface area contributed by atoms with E-state index in [-0.39, 0.29) is 17.9 Å². The predicted molar refractivity (Wildman–Crippen MR) is 82.5 cm³/mol. The number of pyridine rings is 1. The zero-order chi connectivity index (χ0) is 14.9. The van der Waals surface area contributed by atoms with Crippen LogP contribution in [0.3, 0.4) is 0 Å². The Labute approximate surface area is 128 Å². The minimum Gasteiger partial charge on any atom is -0.396 e.